The number of aromatic nitrogens is 2. The van der Waals surface area contributed by atoms with E-state index in [2.05, 4.69) is 31.6 Å². The Morgan fingerprint density at radius 1 is 0.800 bits per heavy atom. The number of carbonyl (C=O) groups is 10. The molecule has 0 saturated heterocycles. The zero-order valence-corrected chi connectivity index (χ0v) is 61.0. The summed E-state index contributed by atoms with van der Waals surface area (Å²) in [4.78, 5) is 141. The molecule has 6 aromatic rings. The third kappa shape index (κ3) is 22.2. The molecule has 0 saturated carbocycles. The number of imide groups is 1. The minimum Gasteiger partial charge on any atom is -0.447 e. The van der Waals surface area contributed by atoms with Crippen LogP contribution < -0.4 is 42.0 Å². The number of pyridine rings is 1. The van der Waals surface area contributed by atoms with Crippen molar-refractivity contribution in [1.29, 1.82) is 0 Å². The third-order valence-corrected chi connectivity index (χ3v) is 18.3. The Hall–Kier alpha value is -10.2. The molecule has 0 spiro atoms. The van der Waals surface area contributed by atoms with Gasteiger partial charge in [-0.05, 0) is 123 Å². The first kappa shape index (κ1) is 80.4. The second kappa shape index (κ2) is 37.5. The number of nitrogens with one attached hydrogen (secondary N) is 5. The number of nitrogens with two attached hydrogens (primary N) is 1. The number of aliphatic hydroxyl groups excluding tert-OH is 1. The number of ether oxygens (including phenoxy) is 6. The van der Waals surface area contributed by atoms with Gasteiger partial charge in [0.15, 0.2) is 0 Å². The molecule has 4 aromatic carbocycles. The number of benzene rings is 4. The molecule has 31 heteroatoms. The molecule has 0 fully saturated rings. The molecule has 2 aliphatic heterocycles. The Bertz CT molecular complexity index is 4110. The van der Waals surface area contributed by atoms with Crippen molar-refractivity contribution in [2.75, 3.05) is 114 Å². The number of urea groups is 1. The van der Waals surface area contributed by atoms with Gasteiger partial charge in [-0.1, -0.05) is 63.2 Å². The molecule has 2 unspecified atom stereocenters. The van der Waals surface area contributed by atoms with Crippen LogP contribution in [0.25, 0.3) is 16.4 Å². The second-order valence-electron chi connectivity index (χ2n) is 26.5. The Morgan fingerprint density at radius 3 is 2.20 bits per heavy atom. The molecule has 2 aliphatic rings. The highest BCUT2D eigenvalue weighted by atomic mass is 35.5. The molecule has 8 rings (SSSR count). The molecule has 0 radical (unpaired) electrons. The van der Waals surface area contributed by atoms with Gasteiger partial charge in [-0.2, -0.15) is 0 Å². The summed E-state index contributed by atoms with van der Waals surface area (Å²) >= 11 is 6.70. The fourth-order valence-corrected chi connectivity index (χ4v) is 11.8. The number of imidazole rings is 1. The van der Waals surface area contributed by atoms with Crippen LogP contribution in [0.1, 0.15) is 116 Å². The van der Waals surface area contributed by atoms with Gasteiger partial charge in [-0.25, -0.2) is 24.2 Å². The van der Waals surface area contributed by atoms with Crippen LogP contribution in [0, 0.1) is 12.8 Å². The Morgan fingerprint density at radius 2 is 1.51 bits per heavy atom. The first-order valence-corrected chi connectivity index (χ1v) is 35.2. The topological polar surface area (TPSA) is 383 Å². The summed E-state index contributed by atoms with van der Waals surface area (Å²) in [6.45, 7) is 12.6. The predicted molar refractivity (Wildman–Crippen MR) is 390 cm³/mol. The average Bonchev–Trinajstić information content (AvgIpc) is 1.63. The lowest BCUT2D eigenvalue weighted by molar-refractivity contribution is -0.137. The van der Waals surface area contributed by atoms with Crippen molar-refractivity contribution in [2.45, 2.75) is 110 Å². The van der Waals surface area contributed by atoms with E-state index in [-0.39, 0.29) is 128 Å². The van der Waals surface area contributed by atoms with Crippen LogP contribution in [-0.4, -0.2) is 210 Å². The molecule has 0 aliphatic carbocycles. The Labute approximate surface area is 613 Å². The van der Waals surface area contributed by atoms with Crippen molar-refractivity contribution in [3.05, 3.63) is 143 Å². The quantitative estimate of drug-likeness (QED) is 0.0106. The summed E-state index contributed by atoms with van der Waals surface area (Å²) in [6.07, 6.45) is 4.40. The summed E-state index contributed by atoms with van der Waals surface area (Å²) in [7, 11) is 1.49. The molecule has 9 N–H and O–H groups in total. The molecule has 4 heterocycles. The van der Waals surface area contributed by atoms with Crippen molar-refractivity contribution >= 4 is 105 Å². The number of carbonyl (C=O) groups excluding carboxylic acids is 10. The van der Waals surface area contributed by atoms with E-state index >= 15 is 0 Å². The number of halogens is 1. The van der Waals surface area contributed by atoms with Crippen LogP contribution in [0.4, 0.5) is 36.2 Å². The number of nitrogens with zero attached hydrogens (tertiary/aromatic N) is 6. The maximum absolute atomic E-state index is 14.8. The normalized spacial score (nSPS) is 14.5. The number of amides is 11. The summed E-state index contributed by atoms with van der Waals surface area (Å²) in [5.74, 6) is -3.56. The standard InChI is InChI=1S/C74H93ClN12O18/c1-9-74(7,99)27-34-104-73(5,6)51-19-17-49(18-20-51)65(91)79-53-23-24-59-80-56(44-85(59)43-53)68(94)87-42-50(41-75)63-57(87)40-58(54-13-10-12-47(4)62(54)63)105-72(98)84(31-35-100-37-33-88)30-29-83(8)71(97)103-45-48-15-21-52(22-16-48)78-66(92)55(14-11-28-77-69(76)95)81-67(93)64(46(2)3)82-70(96)102-39-38-101-36-32-86-60(89)25-26-61(86)90/h10,12-13,15-26,40,43-44,46,50,55,64,88,99H,9,11,14,27-39,41-42,45H2,1-8H3,(H,78,92)(H,79,91)(H,81,93)(H,82,96)(H3,76,77,95)/t50?,55-,64-,74?/m0/s1. The van der Waals surface area contributed by atoms with E-state index in [9.17, 15) is 58.2 Å². The molecule has 0 bridgehead atoms. The lowest BCUT2D eigenvalue weighted by Gasteiger charge is -2.29. The molecule has 4 atom stereocenters. The van der Waals surface area contributed by atoms with E-state index in [0.717, 1.165) is 39.1 Å². The highest BCUT2D eigenvalue weighted by molar-refractivity contribution is 6.19. The number of aliphatic hydroxyl groups is 2. The van der Waals surface area contributed by atoms with E-state index in [1.165, 1.54) is 16.8 Å². The van der Waals surface area contributed by atoms with E-state index in [4.69, 9.17) is 45.8 Å². The van der Waals surface area contributed by atoms with Crippen molar-refractivity contribution in [1.82, 2.24) is 40.0 Å². The summed E-state index contributed by atoms with van der Waals surface area (Å²) in [6, 6.07) is 20.9. The largest absolute Gasteiger partial charge is 0.447 e. The van der Waals surface area contributed by atoms with Crippen LogP contribution in [-0.2, 0) is 55.1 Å². The average molecular weight is 1470 g/mol. The van der Waals surface area contributed by atoms with Gasteiger partial charge in [-0.3, -0.25) is 33.7 Å². The van der Waals surface area contributed by atoms with Crippen LogP contribution in [0.5, 0.6) is 5.75 Å². The molecule has 2 aromatic heterocycles. The minimum absolute atomic E-state index is 0.000379. The number of alkyl carbamates (subject to hydrolysis) is 1. The maximum atomic E-state index is 14.8. The van der Waals surface area contributed by atoms with Gasteiger partial charge in [0, 0.05) is 98.8 Å². The second-order valence-corrected chi connectivity index (χ2v) is 26.8. The fourth-order valence-electron chi connectivity index (χ4n) is 11.6. The number of hydrogen-bond acceptors (Lipinski definition) is 19. The maximum Gasteiger partial charge on any atom is 0.415 e. The van der Waals surface area contributed by atoms with Crippen LogP contribution in [0.2, 0.25) is 0 Å². The van der Waals surface area contributed by atoms with Gasteiger partial charge in [0.2, 0.25) is 11.8 Å². The van der Waals surface area contributed by atoms with Crippen LogP contribution >= 0.6 is 11.6 Å². The van der Waals surface area contributed by atoms with Crippen LogP contribution in [0.15, 0.2) is 109 Å². The number of hydrogen-bond donors (Lipinski definition) is 8. The molecule has 30 nitrogen and oxygen atoms in total. The molecule has 105 heavy (non-hydrogen) atoms. The Balaban J connectivity index is 0.871. The zero-order valence-electron chi connectivity index (χ0n) is 60.2. The van der Waals surface area contributed by atoms with Crippen molar-refractivity contribution < 1.29 is 86.6 Å². The number of fused-ring (bicyclic) bond motifs is 4. The summed E-state index contributed by atoms with van der Waals surface area (Å²) in [5.41, 5.74) is 8.93. The Kier molecular flexibility index (Phi) is 28.7. The van der Waals surface area contributed by atoms with Crippen molar-refractivity contribution in [3.63, 3.8) is 0 Å². The first-order valence-electron chi connectivity index (χ1n) is 34.6. The lowest BCUT2D eigenvalue weighted by atomic mass is 9.92. The minimum atomic E-state index is -1.17. The summed E-state index contributed by atoms with van der Waals surface area (Å²) in [5, 5.41) is 34.6. The highest BCUT2D eigenvalue weighted by Gasteiger charge is 2.38. The van der Waals surface area contributed by atoms with Gasteiger partial charge in [0.05, 0.1) is 68.8 Å². The van der Waals surface area contributed by atoms with E-state index in [0.29, 0.717) is 58.7 Å². The smallest absolute Gasteiger partial charge is 0.415 e. The van der Waals surface area contributed by atoms with E-state index in [1.54, 1.807) is 97.1 Å². The van der Waals surface area contributed by atoms with E-state index < -0.39 is 83.1 Å². The first-order chi connectivity index (χ1) is 50.1. The predicted octanol–water partition coefficient (Wildman–Crippen LogP) is 7.48. The zero-order chi connectivity index (χ0) is 76.1. The SMILES string of the molecule is CCC(C)(O)CCOC(C)(C)c1ccc(C(=O)Nc2ccc3nc(C(=O)N4CC(CCl)c5c4cc(OC(=O)N(CCOCCO)CCN(C)C(=O)OCc4ccc(NC(=O)[C@H](CCCNC(N)=O)NC(=O)[C@@H](NC(=O)OCCOCCN6C(=O)C=CC6=O)C(C)C)cc4)c4cccc(C)c54)cn3c2)cc1. The fraction of sp³-hybridized carbons (Fsp3) is 0.446. The van der Waals surface area contributed by atoms with Gasteiger partial charge >= 0.3 is 24.3 Å². The van der Waals surface area contributed by atoms with Gasteiger partial charge < -0.3 is 90.1 Å². The number of primary amides is 1. The molecular weight excluding hydrogens is 1380 g/mol. The number of anilines is 3. The number of aryl methyl sites for hydroxylation is 1. The van der Waals surface area contributed by atoms with Crippen molar-refractivity contribution in [2.24, 2.45) is 11.7 Å². The summed E-state index contributed by atoms with van der Waals surface area (Å²) < 4.78 is 35.8. The molecule has 11 amide bonds. The third-order valence-electron chi connectivity index (χ3n) is 18.0. The number of likely N-dealkylation sites (N-methyl/N-ethyl adjacent to an activating group) is 1. The van der Waals surface area contributed by atoms with Crippen molar-refractivity contribution in [3.8, 4) is 5.75 Å². The number of alkyl halides is 1. The monoisotopic (exact) mass is 1470 g/mol. The number of rotatable bonds is 37. The van der Waals surface area contributed by atoms with E-state index in [1.807, 2.05) is 58.0 Å². The van der Waals surface area contributed by atoms with Gasteiger partial charge in [-0.15, -0.1) is 11.6 Å². The van der Waals surface area contributed by atoms with Crippen LogP contribution in [0.3, 0.4) is 0 Å². The van der Waals surface area contributed by atoms with Gasteiger partial charge in [0.1, 0.15) is 42.4 Å². The molecular formula is C74H93ClN12O18. The van der Waals surface area contributed by atoms with Gasteiger partial charge in [0.25, 0.3) is 23.6 Å². The molecule has 564 valence electrons. The highest BCUT2D eigenvalue weighted by Crippen LogP contribution is 2.47. The lowest BCUT2D eigenvalue weighted by Crippen LogP contribution is -2.54.